The molecule has 2 heterocycles. The maximum Gasteiger partial charge on any atom is 0.223 e. The molecule has 1 unspecified atom stereocenters. The van der Waals surface area contributed by atoms with E-state index in [-0.39, 0.29) is 6.29 Å². The van der Waals surface area contributed by atoms with E-state index in [4.69, 9.17) is 9.47 Å². The Morgan fingerprint density at radius 2 is 1.16 bits per heavy atom. The average molecular weight is 605 g/mol. The molecule has 1 atom stereocenters. The van der Waals surface area contributed by atoms with Gasteiger partial charge in [-0.05, 0) is 97.8 Å². The molecule has 0 spiro atoms. The number of epoxide rings is 1. The van der Waals surface area contributed by atoms with Crippen molar-refractivity contribution in [2.24, 2.45) is 0 Å². The molecule has 8 rings (SSSR count). The number of rotatable bonds is 7. The Balaban J connectivity index is 1.11. The second-order valence-electron chi connectivity index (χ2n) is 11.5. The maximum atomic E-state index is 5.97. The van der Waals surface area contributed by atoms with Crippen LogP contribution in [0, 0.1) is 13.8 Å². The molecular formula is C40H32N2O2S. The molecule has 0 radical (unpaired) electrons. The van der Waals surface area contributed by atoms with Gasteiger partial charge in [-0.2, -0.15) is 0 Å². The van der Waals surface area contributed by atoms with Gasteiger partial charge in [0.2, 0.25) is 6.29 Å². The second-order valence-corrected chi connectivity index (χ2v) is 12.6. The van der Waals surface area contributed by atoms with Gasteiger partial charge in [0.25, 0.3) is 0 Å². The molecule has 1 saturated heterocycles. The van der Waals surface area contributed by atoms with Crippen LogP contribution in [0.3, 0.4) is 0 Å². The van der Waals surface area contributed by atoms with Crippen LogP contribution in [0.15, 0.2) is 149 Å². The molecule has 0 N–H and O–H groups in total. The van der Waals surface area contributed by atoms with Crippen LogP contribution in [0.4, 0.5) is 34.1 Å². The zero-order chi connectivity index (χ0) is 30.3. The summed E-state index contributed by atoms with van der Waals surface area (Å²) in [5, 5.41) is 0. The van der Waals surface area contributed by atoms with Crippen LogP contribution < -0.4 is 14.5 Å². The number of hydrogen-bond acceptors (Lipinski definition) is 5. The van der Waals surface area contributed by atoms with E-state index >= 15 is 0 Å². The van der Waals surface area contributed by atoms with Crippen molar-refractivity contribution in [2.45, 2.75) is 29.9 Å². The minimum atomic E-state index is -0.133. The second kappa shape index (κ2) is 11.5. The van der Waals surface area contributed by atoms with Gasteiger partial charge in [-0.3, -0.25) is 0 Å². The number of anilines is 6. The van der Waals surface area contributed by atoms with E-state index in [2.05, 4.69) is 157 Å². The first kappa shape index (κ1) is 27.6. The molecule has 220 valence electrons. The van der Waals surface area contributed by atoms with E-state index in [1.54, 1.807) is 11.8 Å². The molecule has 45 heavy (non-hydrogen) atoms. The van der Waals surface area contributed by atoms with Crippen LogP contribution in [-0.2, 0) is 4.74 Å². The van der Waals surface area contributed by atoms with Crippen molar-refractivity contribution >= 4 is 45.9 Å². The molecule has 0 bridgehead atoms. The summed E-state index contributed by atoms with van der Waals surface area (Å²) in [6, 6.07) is 50.0. The number of hydrogen-bond donors (Lipinski definition) is 0. The van der Waals surface area contributed by atoms with Crippen LogP contribution in [0.25, 0.3) is 11.1 Å². The molecule has 1 fully saturated rings. The fourth-order valence-corrected chi connectivity index (χ4v) is 6.82. The largest absolute Gasteiger partial charge is 0.462 e. The van der Waals surface area contributed by atoms with Gasteiger partial charge in [-0.1, -0.05) is 83.6 Å². The summed E-state index contributed by atoms with van der Waals surface area (Å²) in [5.74, 6) is 0.822. The summed E-state index contributed by atoms with van der Waals surface area (Å²) in [4.78, 5) is 7.07. The Labute approximate surface area is 268 Å². The topological polar surface area (TPSA) is 28.2 Å². The molecule has 2 aliphatic rings. The summed E-state index contributed by atoms with van der Waals surface area (Å²) >= 11 is 1.79. The van der Waals surface area contributed by atoms with Gasteiger partial charge in [-0.25, -0.2) is 0 Å². The predicted octanol–water partition coefficient (Wildman–Crippen LogP) is 11.1. The van der Waals surface area contributed by atoms with Crippen molar-refractivity contribution < 1.29 is 9.47 Å². The molecule has 4 nitrogen and oxygen atoms in total. The lowest BCUT2D eigenvalue weighted by atomic mass is 10.0. The van der Waals surface area contributed by atoms with E-state index in [1.165, 1.54) is 37.7 Å². The lowest BCUT2D eigenvalue weighted by Gasteiger charge is -2.33. The lowest BCUT2D eigenvalue weighted by Crippen LogP contribution is -2.15. The molecular weight excluding hydrogens is 573 g/mol. The molecule has 2 aliphatic heterocycles. The number of aryl methyl sites for hydroxylation is 2. The number of benzene rings is 6. The minimum absolute atomic E-state index is 0.133. The predicted molar refractivity (Wildman–Crippen MR) is 185 cm³/mol. The minimum Gasteiger partial charge on any atom is -0.462 e. The Bertz CT molecular complexity index is 1920. The molecule has 6 aromatic carbocycles. The summed E-state index contributed by atoms with van der Waals surface area (Å²) in [6.07, 6.45) is -0.133. The summed E-state index contributed by atoms with van der Waals surface area (Å²) < 4.78 is 11.3. The zero-order valence-electron chi connectivity index (χ0n) is 25.2. The van der Waals surface area contributed by atoms with Gasteiger partial charge in [0.05, 0.1) is 11.4 Å². The molecule has 0 aromatic heterocycles. The van der Waals surface area contributed by atoms with Crippen LogP contribution in [-0.4, -0.2) is 12.9 Å². The monoisotopic (exact) mass is 604 g/mol. The van der Waals surface area contributed by atoms with Gasteiger partial charge >= 0.3 is 0 Å². The first-order valence-corrected chi connectivity index (χ1v) is 16.0. The van der Waals surface area contributed by atoms with Gasteiger partial charge in [0.15, 0.2) is 0 Å². The Hall–Kier alpha value is -4.97. The van der Waals surface area contributed by atoms with Crippen LogP contribution in [0.2, 0.25) is 0 Å². The highest BCUT2D eigenvalue weighted by Gasteiger charge is 2.28. The number of para-hydroxylation sites is 1. The normalized spacial score (nSPS) is 14.8. The SMILES string of the molecule is Cc1ccc(N(c2ccc(C)cc2)c2ccc(-c3ccc(N4c5ccccc5Sc5ccc(OC6CO6)cc54)cc3)cc2)cc1. The highest BCUT2D eigenvalue weighted by molar-refractivity contribution is 7.99. The quantitative estimate of drug-likeness (QED) is 0.169. The molecule has 5 heteroatoms. The third kappa shape index (κ3) is 5.57. The fourth-order valence-electron chi connectivity index (χ4n) is 5.79. The summed E-state index contributed by atoms with van der Waals surface area (Å²) in [6.45, 7) is 4.90. The van der Waals surface area contributed by atoms with Crippen molar-refractivity contribution in [3.63, 3.8) is 0 Å². The zero-order valence-corrected chi connectivity index (χ0v) is 26.0. The highest BCUT2D eigenvalue weighted by atomic mass is 32.2. The lowest BCUT2D eigenvalue weighted by molar-refractivity contribution is 0.179. The van der Waals surface area contributed by atoms with Crippen molar-refractivity contribution in [1.82, 2.24) is 0 Å². The number of nitrogens with zero attached hydrogens (tertiary/aromatic N) is 2. The smallest absolute Gasteiger partial charge is 0.223 e. The number of ether oxygens (including phenoxy) is 2. The Morgan fingerprint density at radius 3 is 1.76 bits per heavy atom. The van der Waals surface area contributed by atoms with Crippen molar-refractivity contribution in [3.8, 4) is 16.9 Å². The summed E-state index contributed by atoms with van der Waals surface area (Å²) in [7, 11) is 0. The molecule has 0 aliphatic carbocycles. The first-order chi connectivity index (χ1) is 22.1. The number of fused-ring (bicyclic) bond motifs is 2. The van der Waals surface area contributed by atoms with Crippen LogP contribution in [0.5, 0.6) is 5.75 Å². The van der Waals surface area contributed by atoms with E-state index in [0.29, 0.717) is 6.61 Å². The van der Waals surface area contributed by atoms with Crippen molar-refractivity contribution in [1.29, 1.82) is 0 Å². The molecule has 0 saturated carbocycles. The van der Waals surface area contributed by atoms with Crippen molar-refractivity contribution in [3.05, 3.63) is 151 Å². The fraction of sp³-hybridized carbons (Fsp3) is 0.100. The van der Waals surface area contributed by atoms with E-state index in [0.717, 1.165) is 34.2 Å². The average Bonchev–Trinajstić information content (AvgIpc) is 3.90. The van der Waals surface area contributed by atoms with Crippen molar-refractivity contribution in [2.75, 3.05) is 16.4 Å². The van der Waals surface area contributed by atoms with E-state index < -0.39 is 0 Å². The third-order valence-corrected chi connectivity index (χ3v) is 9.37. The Morgan fingerprint density at radius 1 is 0.622 bits per heavy atom. The van der Waals surface area contributed by atoms with E-state index in [9.17, 15) is 0 Å². The first-order valence-electron chi connectivity index (χ1n) is 15.2. The Kier molecular flexibility index (Phi) is 7.05. The maximum absolute atomic E-state index is 5.97. The highest BCUT2D eigenvalue weighted by Crippen LogP contribution is 2.52. The third-order valence-electron chi connectivity index (χ3n) is 8.24. The van der Waals surface area contributed by atoms with Gasteiger partial charge < -0.3 is 19.3 Å². The van der Waals surface area contributed by atoms with Crippen LogP contribution >= 0.6 is 11.8 Å². The van der Waals surface area contributed by atoms with Gasteiger partial charge in [-0.15, -0.1) is 0 Å². The van der Waals surface area contributed by atoms with Gasteiger partial charge in [0.1, 0.15) is 12.4 Å². The summed E-state index contributed by atoms with van der Waals surface area (Å²) in [5.41, 5.74) is 11.6. The van der Waals surface area contributed by atoms with Gasteiger partial charge in [0, 0.05) is 38.6 Å². The standard InChI is InChI=1S/C40H32N2O2S/c1-27-7-15-31(16-8-27)41(32-17-9-28(2)10-18-32)33-19-11-29(12-20-33)30-13-21-34(22-14-30)42-36-5-3-4-6-38(36)45-39-24-23-35(25-37(39)42)44-40-26-43-40/h3-25,40H,26H2,1-2H3. The van der Waals surface area contributed by atoms with E-state index in [1.807, 2.05) is 6.07 Å². The molecule has 0 amide bonds. The van der Waals surface area contributed by atoms with Crippen LogP contribution in [0.1, 0.15) is 11.1 Å². The molecule has 6 aromatic rings.